The third-order valence-corrected chi connectivity index (χ3v) is 6.10. The molecular formula is C27H26FN5O. The molecule has 3 heterocycles. The highest BCUT2D eigenvalue weighted by Crippen LogP contribution is 2.25. The summed E-state index contributed by atoms with van der Waals surface area (Å²) in [5.74, 6) is -0.249. The molecule has 0 atom stereocenters. The van der Waals surface area contributed by atoms with E-state index in [0.717, 1.165) is 42.9 Å². The standard InChI is InChI=1S/C27H26FN5O/c28-23-11-9-21(10-12-23)19-31-14-5-15-32(17-16-31)27(34)25-20-33(24-7-2-1-3-8-24)30-26(25)22-6-4-13-29-18-22/h1-4,6-13,18,20H,5,14-17,19H2. The Morgan fingerprint density at radius 3 is 2.50 bits per heavy atom. The van der Waals surface area contributed by atoms with Crippen LogP contribution in [0.4, 0.5) is 4.39 Å². The lowest BCUT2D eigenvalue weighted by Gasteiger charge is -2.22. The van der Waals surface area contributed by atoms with Gasteiger partial charge in [0.2, 0.25) is 0 Å². The summed E-state index contributed by atoms with van der Waals surface area (Å²) in [6, 6.07) is 20.2. The number of hydrogen-bond donors (Lipinski definition) is 0. The molecule has 5 rings (SSSR count). The summed E-state index contributed by atoms with van der Waals surface area (Å²) in [5, 5.41) is 4.76. The van der Waals surface area contributed by atoms with Crippen LogP contribution in [0.5, 0.6) is 0 Å². The van der Waals surface area contributed by atoms with Gasteiger partial charge in [-0.05, 0) is 48.4 Å². The molecule has 0 unspecified atom stereocenters. The third kappa shape index (κ3) is 4.89. The van der Waals surface area contributed by atoms with Gasteiger partial charge in [0, 0.05) is 56.9 Å². The zero-order valence-corrected chi connectivity index (χ0v) is 18.8. The second-order valence-electron chi connectivity index (χ2n) is 8.46. The van der Waals surface area contributed by atoms with Gasteiger partial charge >= 0.3 is 0 Å². The van der Waals surface area contributed by atoms with Crippen molar-refractivity contribution in [3.63, 3.8) is 0 Å². The van der Waals surface area contributed by atoms with E-state index < -0.39 is 0 Å². The first-order valence-electron chi connectivity index (χ1n) is 11.5. The SMILES string of the molecule is O=C(c1cn(-c2ccccc2)nc1-c1cccnc1)N1CCCN(Cc2ccc(F)cc2)CC1. The first-order chi connectivity index (χ1) is 16.7. The van der Waals surface area contributed by atoms with E-state index in [-0.39, 0.29) is 11.7 Å². The highest BCUT2D eigenvalue weighted by molar-refractivity contribution is 6.00. The Labute approximate surface area is 198 Å². The van der Waals surface area contributed by atoms with Gasteiger partial charge in [0.25, 0.3) is 5.91 Å². The normalized spacial score (nSPS) is 14.7. The van der Waals surface area contributed by atoms with Crippen LogP contribution in [-0.2, 0) is 6.54 Å². The van der Waals surface area contributed by atoms with Crippen molar-refractivity contribution in [2.24, 2.45) is 0 Å². The molecule has 4 aromatic rings. The van der Waals surface area contributed by atoms with E-state index in [2.05, 4.69) is 9.88 Å². The third-order valence-electron chi connectivity index (χ3n) is 6.10. The summed E-state index contributed by atoms with van der Waals surface area (Å²) >= 11 is 0. The lowest BCUT2D eigenvalue weighted by molar-refractivity contribution is 0.0762. The minimum atomic E-state index is -0.225. The predicted molar refractivity (Wildman–Crippen MR) is 129 cm³/mol. The number of aromatic nitrogens is 3. The van der Waals surface area contributed by atoms with Crippen LogP contribution in [0.1, 0.15) is 22.3 Å². The quantitative estimate of drug-likeness (QED) is 0.447. The predicted octanol–water partition coefficient (Wildman–Crippen LogP) is 4.42. The van der Waals surface area contributed by atoms with Crippen molar-refractivity contribution >= 4 is 5.91 Å². The first-order valence-corrected chi connectivity index (χ1v) is 11.5. The van der Waals surface area contributed by atoms with Crippen molar-refractivity contribution in [2.45, 2.75) is 13.0 Å². The average Bonchev–Trinajstić information content (AvgIpc) is 3.20. The van der Waals surface area contributed by atoms with Crippen LogP contribution in [0.15, 0.2) is 85.3 Å². The highest BCUT2D eigenvalue weighted by atomic mass is 19.1. The lowest BCUT2D eigenvalue weighted by atomic mass is 10.1. The van der Waals surface area contributed by atoms with E-state index in [0.29, 0.717) is 24.3 Å². The molecule has 0 saturated carbocycles. The summed E-state index contributed by atoms with van der Waals surface area (Å²) in [5.41, 5.74) is 3.99. The molecule has 2 aromatic heterocycles. The van der Waals surface area contributed by atoms with Gasteiger partial charge in [-0.25, -0.2) is 9.07 Å². The van der Waals surface area contributed by atoms with Gasteiger partial charge in [-0.1, -0.05) is 30.3 Å². The van der Waals surface area contributed by atoms with Crippen LogP contribution in [-0.4, -0.2) is 56.7 Å². The fourth-order valence-electron chi connectivity index (χ4n) is 4.31. The van der Waals surface area contributed by atoms with Crippen LogP contribution < -0.4 is 0 Å². The average molecular weight is 456 g/mol. The van der Waals surface area contributed by atoms with Crippen molar-refractivity contribution in [3.8, 4) is 16.9 Å². The molecule has 172 valence electrons. The molecule has 1 saturated heterocycles. The number of rotatable bonds is 5. The number of halogens is 1. The Hall–Kier alpha value is -3.84. The molecular weight excluding hydrogens is 429 g/mol. The summed E-state index contributed by atoms with van der Waals surface area (Å²) in [7, 11) is 0. The van der Waals surface area contributed by atoms with E-state index >= 15 is 0 Å². The minimum absolute atomic E-state index is 0.0235. The van der Waals surface area contributed by atoms with Gasteiger partial charge in [-0.2, -0.15) is 5.10 Å². The molecule has 0 N–H and O–H groups in total. The Bertz CT molecular complexity index is 1240. The number of pyridine rings is 1. The monoisotopic (exact) mass is 455 g/mol. The van der Waals surface area contributed by atoms with Crippen molar-refractivity contribution in [3.05, 3.63) is 102 Å². The molecule has 1 fully saturated rings. The van der Waals surface area contributed by atoms with Crippen molar-refractivity contribution < 1.29 is 9.18 Å². The van der Waals surface area contributed by atoms with Gasteiger partial charge in [0.05, 0.1) is 11.3 Å². The molecule has 0 aliphatic carbocycles. The van der Waals surface area contributed by atoms with E-state index in [1.165, 1.54) is 12.1 Å². The molecule has 1 aliphatic heterocycles. The number of nitrogens with zero attached hydrogens (tertiary/aromatic N) is 5. The number of carbonyl (C=O) groups excluding carboxylic acids is 1. The highest BCUT2D eigenvalue weighted by Gasteiger charge is 2.25. The Balaban J connectivity index is 1.37. The largest absolute Gasteiger partial charge is 0.337 e. The fraction of sp³-hybridized carbons (Fsp3) is 0.222. The zero-order valence-electron chi connectivity index (χ0n) is 18.8. The van der Waals surface area contributed by atoms with E-state index in [9.17, 15) is 9.18 Å². The Morgan fingerprint density at radius 1 is 0.912 bits per heavy atom. The number of carbonyl (C=O) groups is 1. The summed E-state index contributed by atoms with van der Waals surface area (Å²) in [6.07, 6.45) is 6.15. The van der Waals surface area contributed by atoms with Crippen LogP contribution in [0.2, 0.25) is 0 Å². The smallest absolute Gasteiger partial charge is 0.257 e. The molecule has 7 heteroatoms. The second-order valence-corrected chi connectivity index (χ2v) is 8.46. The van der Waals surface area contributed by atoms with Gasteiger partial charge < -0.3 is 4.90 Å². The summed E-state index contributed by atoms with van der Waals surface area (Å²) < 4.78 is 15.0. The number of hydrogen-bond acceptors (Lipinski definition) is 4. The Morgan fingerprint density at radius 2 is 1.74 bits per heavy atom. The molecule has 0 radical (unpaired) electrons. The van der Waals surface area contributed by atoms with E-state index in [1.54, 1.807) is 17.1 Å². The van der Waals surface area contributed by atoms with Crippen LogP contribution in [0.25, 0.3) is 16.9 Å². The van der Waals surface area contributed by atoms with Gasteiger partial charge in [0.15, 0.2) is 0 Å². The topological polar surface area (TPSA) is 54.3 Å². The Kier molecular flexibility index (Phi) is 6.44. The maximum atomic E-state index is 13.7. The van der Waals surface area contributed by atoms with Gasteiger partial charge in [-0.3, -0.25) is 14.7 Å². The van der Waals surface area contributed by atoms with Crippen LogP contribution in [0.3, 0.4) is 0 Å². The molecule has 0 spiro atoms. The molecule has 34 heavy (non-hydrogen) atoms. The summed E-state index contributed by atoms with van der Waals surface area (Å²) in [6.45, 7) is 3.71. The van der Waals surface area contributed by atoms with Gasteiger partial charge in [0.1, 0.15) is 11.5 Å². The maximum Gasteiger partial charge on any atom is 0.257 e. The molecule has 2 aromatic carbocycles. The summed E-state index contributed by atoms with van der Waals surface area (Å²) in [4.78, 5) is 22.1. The number of benzene rings is 2. The van der Waals surface area contributed by atoms with Crippen LogP contribution >= 0.6 is 0 Å². The first kappa shape index (κ1) is 22.0. The second kappa shape index (κ2) is 9.97. The van der Waals surface area contributed by atoms with Crippen LogP contribution in [0, 0.1) is 5.82 Å². The van der Waals surface area contributed by atoms with Crippen molar-refractivity contribution in [1.82, 2.24) is 24.6 Å². The van der Waals surface area contributed by atoms with E-state index in [1.807, 2.05) is 65.7 Å². The van der Waals surface area contributed by atoms with Crippen molar-refractivity contribution in [2.75, 3.05) is 26.2 Å². The molecule has 6 nitrogen and oxygen atoms in total. The number of para-hydroxylation sites is 1. The van der Waals surface area contributed by atoms with Gasteiger partial charge in [-0.15, -0.1) is 0 Å². The van der Waals surface area contributed by atoms with Crippen molar-refractivity contribution in [1.29, 1.82) is 0 Å². The minimum Gasteiger partial charge on any atom is -0.337 e. The lowest BCUT2D eigenvalue weighted by Crippen LogP contribution is -2.35. The molecule has 0 bridgehead atoms. The fourth-order valence-corrected chi connectivity index (χ4v) is 4.31. The maximum absolute atomic E-state index is 13.7. The van der Waals surface area contributed by atoms with E-state index in [4.69, 9.17) is 5.10 Å². The molecule has 1 amide bonds. The molecule has 1 aliphatic rings. The zero-order chi connectivity index (χ0) is 23.3. The number of amides is 1.